The van der Waals surface area contributed by atoms with E-state index in [1.165, 1.54) is 0 Å². The highest BCUT2D eigenvalue weighted by Crippen LogP contribution is 2.28. The van der Waals surface area contributed by atoms with Crippen LogP contribution in [0.1, 0.15) is 69.9 Å². The van der Waals surface area contributed by atoms with Gasteiger partial charge in [0.25, 0.3) is 0 Å². The van der Waals surface area contributed by atoms with Gasteiger partial charge >= 0.3 is 0 Å². The summed E-state index contributed by atoms with van der Waals surface area (Å²) in [4.78, 5) is 0. The summed E-state index contributed by atoms with van der Waals surface area (Å²) in [5, 5.41) is 0. The number of hydrogen-bond acceptors (Lipinski definition) is 0. The molecule has 0 N–H and O–H groups in total. The fraction of sp³-hybridized carbons (Fsp3) is 1.00. The first-order valence-corrected chi connectivity index (χ1v) is 4.10. The normalized spacial score (nSPS) is 54.3. The third-order valence-electron chi connectivity index (χ3n) is 0.866. The van der Waals surface area contributed by atoms with Gasteiger partial charge in [0.2, 0.25) is 0 Å². The fourth-order valence-electron chi connectivity index (χ4n) is 0.433. The monoisotopic (exact) mass is 179 g/mol. The van der Waals surface area contributed by atoms with Crippen molar-refractivity contribution in [3.05, 3.63) is 0 Å². The Balaban J connectivity index is 8.29. The molecule has 0 aromatic heterocycles. The van der Waals surface area contributed by atoms with Crippen LogP contribution in [0.2, 0.25) is 16.6 Å². The van der Waals surface area contributed by atoms with Crippen molar-refractivity contribution in [1.29, 1.82) is 0 Å². The molecule has 0 aliphatic rings. The molecular formula is C9H22Si. The van der Waals surface area contributed by atoms with E-state index in [1.54, 1.807) is 0 Å². The van der Waals surface area contributed by atoms with Crippen molar-refractivity contribution < 1.29 is 28.8 Å². The standard InChI is InChI=1S/C9H22Si/c1-7(2)10(8(3)4)9(5)6/h7-10H,1-6H3/i1D3,2D3,3D3,4D3,5D3,6D3,7D,8D,9D. The fourth-order valence-corrected chi connectivity index (χ4v) is 1.30. The Hall–Kier alpha value is 0.217. The van der Waals surface area contributed by atoms with Crippen LogP contribution in [0.3, 0.4) is 0 Å². The van der Waals surface area contributed by atoms with E-state index < -0.39 is 66.5 Å². The van der Waals surface area contributed by atoms with Crippen LogP contribution in [0, 0.1) is 0 Å². The van der Waals surface area contributed by atoms with Crippen molar-refractivity contribution in [1.82, 2.24) is 0 Å². The van der Waals surface area contributed by atoms with Gasteiger partial charge in [-0.05, 0) is 0 Å². The number of hydrogen-bond donors (Lipinski definition) is 0. The highest BCUT2D eigenvalue weighted by atomic mass is 28.3. The summed E-state index contributed by atoms with van der Waals surface area (Å²) in [6.45, 7) is -25.1. The van der Waals surface area contributed by atoms with Crippen LogP contribution in [-0.2, 0) is 0 Å². The van der Waals surface area contributed by atoms with Gasteiger partial charge in [-0.3, -0.25) is 0 Å². The van der Waals surface area contributed by atoms with Crippen LogP contribution < -0.4 is 0 Å². The van der Waals surface area contributed by atoms with E-state index in [2.05, 4.69) is 0 Å². The quantitative estimate of drug-likeness (QED) is 0.582. The predicted octanol–water partition coefficient (Wildman–Crippen LogP) is 3.44. The first kappa shape index (κ1) is 0.951. The highest BCUT2D eigenvalue weighted by Gasteiger charge is 2.22. The Morgan fingerprint density at radius 1 is 0.900 bits per heavy atom. The third-order valence-corrected chi connectivity index (χ3v) is 2.60. The highest BCUT2D eigenvalue weighted by molar-refractivity contribution is 6.63. The third kappa shape index (κ3) is 2.87. The van der Waals surface area contributed by atoms with Crippen LogP contribution in [0.4, 0.5) is 0 Å². The molecule has 0 aromatic carbocycles. The molecule has 0 heterocycles. The molecule has 0 aliphatic heterocycles. The average Bonchev–Trinajstić information content (AvgIpc) is 2.39. The minimum Gasteiger partial charge on any atom is -0.0654 e. The molecule has 0 nitrogen and oxygen atoms in total. The summed E-state index contributed by atoms with van der Waals surface area (Å²) < 4.78 is 161. The van der Waals surface area contributed by atoms with Gasteiger partial charge in [0.1, 0.15) is 0 Å². The van der Waals surface area contributed by atoms with Crippen LogP contribution in [-0.4, -0.2) is 8.80 Å². The van der Waals surface area contributed by atoms with Crippen LogP contribution in [0.5, 0.6) is 0 Å². The summed E-state index contributed by atoms with van der Waals surface area (Å²) in [5.41, 5.74) is -13.0. The van der Waals surface area contributed by atoms with E-state index in [0.717, 1.165) is 0 Å². The van der Waals surface area contributed by atoms with Crippen molar-refractivity contribution in [2.45, 2.75) is 57.7 Å². The minimum absolute atomic E-state index is 4.18. The summed E-state index contributed by atoms with van der Waals surface area (Å²) in [5.74, 6) is 0. The molecule has 0 unspecified atom stereocenters. The summed E-state index contributed by atoms with van der Waals surface area (Å²) in [7, 11) is -6.05. The van der Waals surface area contributed by atoms with Gasteiger partial charge in [0.05, 0.1) is 0 Å². The van der Waals surface area contributed by atoms with Crippen molar-refractivity contribution in [3.8, 4) is 0 Å². The van der Waals surface area contributed by atoms with Gasteiger partial charge in [0.15, 0.2) is 0 Å². The van der Waals surface area contributed by atoms with Gasteiger partial charge in [-0.15, -0.1) is 0 Å². The zero-order valence-electron chi connectivity index (χ0n) is 26.1. The Morgan fingerprint density at radius 3 is 1.40 bits per heavy atom. The van der Waals surface area contributed by atoms with E-state index >= 15 is 0 Å². The Kier molecular flexibility index (Phi) is 0.396. The minimum atomic E-state index is -6.05. The first-order valence-electron chi connectivity index (χ1n) is 12.9. The van der Waals surface area contributed by atoms with E-state index in [0.29, 0.717) is 0 Å². The molecule has 0 spiro atoms. The van der Waals surface area contributed by atoms with Crippen molar-refractivity contribution in [3.63, 3.8) is 0 Å². The SMILES string of the molecule is [2H]C([2H])([2H])C([2H])([SiH](C([2H])(C([2H])([2H])[2H])C([2H])([2H])[2H])C([2H])(C([2H])([2H])[2H])C([2H])([2H])[2H])C([2H])([2H])[2H]. The molecule has 0 aliphatic carbocycles. The largest absolute Gasteiger partial charge is 0.0654 e. The molecule has 62 valence electrons. The lowest BCUT2D eigenvalue weighted by atomic mass is 10.5. The van der Waals surface area contributed by atoms with Gasteiger partial charge < -0.3 is 0 Å². The summed E-state index contributed by atoms with van der Waals surface area (Å²) >= 11 is 0. The molecular weight excluding hydrogens is 136 g/mol. The number of rotatable bonds is 3. The Labute approximate surface area is 97.1 Å². The molecule has 0 bridgehead atoms. The molecule has 0 saturated carbocycles. The summed E-state index contributed by atoms with van der Waals surface area (Å²) in [6.07, 6.45) is 0. The van der Waals surface area contributed by atoms with Gasteiger partial charge in [-0.1, -0.05) is 57.7 Å². The van der Waals surface area contributed by atoms with Crippen LogP contribution >= 0.6 is 0 Å². The molecule has 0 rings (SSSR count). The lowest BCUT2D eigenvalue weighted by Gasteiger charge is -2.26. The Bertz CT molecular complexity index is 502. The second kappa shape index (κ2) is 4.17. The molecule has 1 heteroatoms. The van der Waals surface area contributed by atoms with E-state index in [4.69, 9.17) is 28.8 Å². The van der Waals surface area contributed by atoms with E-state index in [1.807, 2.05) is 0 Å². The second-order valence-corrected chi connectivity index (χ2v) is 4.27. The van der Waals surface area contributed by atoms with E-state index in [-0.39, 0.29) is 0 Å². The van der Waals surface area contributed by atoms with Crippen LogP contribution in [0.25, 0.3) is 0 Å². The maximum Gasteiger partial charge on any atom is 0.0445 e. The smallest absolute Gasteiger partial charge is 0.0445 e. The zero-order chi connectivity index (χ0) is 26.1. The molecule has 10 heavy (non-hydrogen) atoms. The van der Waals surface area contributed by atoms with Crippen LogP contribution in [0.15, 0.2) is 0 Å². The summed E-state index contributed by atoms with van der Waals surface area (Å²) in [6, 6.07) is 0. The lowest BCUT2D eigenvalue weighted by Crippen LogP contribution is -2.24. The van der Waals surface area contributed by atoms with E-state index in [9.17, 15) is 0 Å². The molecule has 0 aromatic rings. The maximum atomic E-state index is 8.31. The topological polar surface area (TPSA) is 0 Å². The van der Waals surface area contributed by atoms with Gasteiger partial charge in [0, 0.05) is 37.6 Å². The van der Waals surface area contributed by atoms with Crippen molar-refractivity contribution in [2.75, 3.05) is 0 Å². The van der Waals surface area contributed by atoms with Gasteiger partial charge in [-0.25, -0.2) is 0 Å². The van der Waals surface area contributed by atoms with Gasteiger partial charge in [-0.2, -0.15) is 0 Å². The lowest BCUT2D eigenvalue weighted by molar-refractivity contribution is 0.863. The van der Waals surface area contributed by atoms with Crippen molar-refractivity contribution in [2.24, 2.45) is 0 Å². The Morgan fingerprint density at radius 2 is 1.20 bits per heavy atom. The second-order valence-electron chi connectivity index (χ2n) is 1.67. The molecule has 0 amide bonds. The maximum absolute atomic E-state index is 8.31. The zero-order valence-corrected chi connectivity index (χ0v) is 6.23. The molecule has 0 atom stereocenters. The first-order chi connectivity index (χ1) is 12.9. The predicted molar refractivity (Wildman–Crippen MR) is 52.4 cm³/mol. The molecule has 0 saturated heterocycles. The molecule has 0 radical (unpaired) electrons. The van der Waals surface area contributed by atoms with Crippen molar-refractivity contribution >= 4 is 8.80 Å². The average molecular weight is 179 g/mol. The molecule has 0 fully saturated rings.